The van der Waals surface area contributed by atoms with Crippen molar-refractivity contribution in [3.05, 3.63) is 41.6 Å². The van der Waals surface area contributed by atoms with Gasteiger partial charge in [0.05, 0.1) is 17.8 Å². The van der Waals surface area contributed by atoms with Gasteiger partial charge < -0.3 is 15.3 Å². The molecule has 7 nitrogen and oxygen atoms in total. The van der Waals surface area contributed by atoms with Crippen molar-refractivity contribution in [1.82, 2.24) is 20.0 Å². The predicted molar refractivity (Wildman–Crippen MR) is 134 cm³/mol. The molecule has 1 aromatic carbocycles. The van der Waals surface area contributed by atoms with Crippen LogP contribution in [0.5, 0.6) is 0 Å². The van der Waals surface area contributed by atoms with E-state index in [1.807, 2.05) is 43.8 Å². The molecule has 2 amide bonds. The molecule has 4 unspecified atom stereocenters. The monoisotopic (exact) mass is 468 g/mol. The van der Waals surface area contributed by atoms with Crippen molar-refractivity contribution in [3.63, 3.8) is 0 Å². The van der Waals surface area contributed by atoms with Crippen molar-refractivity contribution in [3.8, 4) is 11.3 Å². The van der Waals surface area contributed by atoms with Gasteiger partial charge in [-0.05, 0) is 42.9 Å². The molecule has 2 heterocycles. The lowest BCUT2D eigenvalue weighted by molar-refractivity contribution is -0.142. The summed E-state index contributed by atoms with van der Waals surface area (Å²) >= 11 is 0. The Morgan fingerprint density at radius 1 is 1.18 bits per heavy atom. The SMILES string of the molecule is CCc1c(-c2ccnn2CC)cccc1C(CC)NC(=O)C1CC(O)CN1C(=O)C(C)C(C)C. The van der Waals surface area contributed by atoms with Gasteiger partial charge in [-0.2, -0.15) is 5.10 Å². The van der Waals surface area contributed by atoms with Crippen LogP contribution in [0.3, 0.4) is 0 Å². The summed E-state index contributed by atoms with van der Waals surface area (Å²) in [7, 11) is 0. The fraction of sp³-hybridized carbons (Fsp3) is 0.593. The van der Waals surface area contributed by atoms with E-state index in [4.69, 9.17) is 0 Å². The minimum Gasteiger partial charge on any atom is -0.391 e. The number of aryl methyl sites for hydroxylation is 1. The van der Waals surface area contributed by atoms with Gasteiger partial charge in [-0.15, -0.1) is 0 Å². The van der Waals surface area contributed by atoms with E-state index in [9.17, 15) is 14.7 Å². The molecule has 0 radical (unpaired) electrons. The zero-order valence-corrected chi connectivity index (χ0v) is 21.4. The van der Waals surface area contributed by atoms with Crippen LogP contribution < -0.4 is 5.32 Å². The van der Waals surface area contributed by atoms with E-state index in [1.165, 1.54) is 5.56 Å². The van der Waals surface area contributed by atoms with Crippen LogP contribution in [0.15, 0.2) is 30.5 Å². The van der Waals surface area contributed by atoms with Crippen LogP contribution in [0, 0.1) is 11.8 Å². The van der Waals surface area contributed by atoms with Crippen LogP contribution in [-0.4, -0.2) is 50.3 Å². The molecular formula is C27H40N4O3. The van der Waals surface area contributed by atoms with Crippen LogP contribution in [0.2, 0.25) is 0 Å². The molecule has 1 saturated heterocycles. The van der Waals surface area contributed by atoms with Gasteiger partial charge in [-0.3, -0.25) is 14.3 Å². The molecule has 7 heteroatoms. The van der Waals surface area contributed by atoms with Gasteiger partial charge in [-0.1, -0.05) is 52.8 Å². The number of rotatable bonds is 9. The highest BCUT2D eigenvalue weighted by Gasteiger charge is 2.41. The number of hydrogen-bond acceptors (Lipinski definition) is 4. The molecule has 1 aliphatic rings. The van der Waals surface area contributed by atoms with Gasteiger partial charge in [-0.25, -0.2) is 0 Å². The Hall–Kier alpha value is -2.67. The first kappa shape index (κ1) is 25.9. The lowest BCUT2D eigenvalue weighted by atomic mass is 9.91. The average molecular weight is 469 g/mol. The molecule has 0 saturated carbocycles. The van der Waals surface area contributed by atoms with Gasteiger partial charge in [0.2, 0.25) is 11.8 Å². The van der Waals surface area contributed by atoms with Gasteiger partial charge in [0, 0.05) is 37.2 Å². The zero-order valence-electron chi connectivity index (χ0n) is 21.4. The van der Waals surface area contributed by atoms with Crippen molar-refractivity contribution >= 4 is 11.8 Å². The van der Waals surface area contributed by atoms with Crippen molar-refractivity contribution in [2.75, 3.05) is 6.54 Å². The van der Waals surface area contributed by atoms with E-state index in [-0.39, 0.29) is 42.7 Å². The third-order valence-corrected chi connectivity index (χ3v) is 7.21. The number of amides is 2. The molecule has 186 valence electrons. The van der Waals surface area contributed by atoms with E-state index >= 15 is 0 Å². The average Bonchev–Trinajstić information content (AvgIpc) is 3.47. The van der Waals surface area contributed by atoms with Gasteiger partial charge in [0.25, 0.3) is 0 Å². The van der Waals surface area contributed by atoms with Gasteiger partial charge in [0.1, 0.15) is 6.04 Å². The third kappa shape index (κ3) is 5.19. The van der Waals surface area contributed by atoms with E-state index in [0.29, 0.717) is 0 Å². The van der Waals surface area contributed by atoms with Crippen LogP contribution >= 0.6 is 0 Å². The van der Waals surface area contributed by atoms with Crippen LogP contribution in [0.1, 0.15) is 71.6 Å². The minimum atomic E-state index is -0.678. The second-order valence-corrected chi connectivity index (χ2v) is 9.66. The number of benzene rings is 1. The maximum atomic E-state index is 13.4. The summed E-state index contributed by atoms with van der Waals surface area (Å²) in [6, 6.07) is 7.42. The molecule has 1 fully saturated rings. The van der Waals surface area contributed by atoms with Crippen molar-refractivity contribution in [2.24, 2.45) is 11.8 Å². The molecule has 0 bridgehead atoms. The van der Waals surface area contributed by atoms with Gasteiger partial charge in [0.15, 0.2) is 0 Å². The fourth-order valence-electron chi connectivity index (χ4n) is 4.90. The maximum absolute atomic E-state index is 13.4. The first-order valence-electron chi connectivity index (χ1n) is 12.7. The van der Waals surface area contributed by atoms with Crippen molar-refractivity contribution < 1.29 is 14.7 Å². The first-order valence-corrected chi connectivity index (χ1v) is 12.7. The Kier molecular flexibility index (Phi) is 8.52. The Labute approximate surface area is 203 Å². The summed E-state index contributed by atoms with van der Waals surface area (Å²) in [5.41, 5.74) is 4.48. The molecule has 1 aromatic heterocycles. The predicted octanol–water partition coefficient (Wildman–Crippen LogP) is 3.95. The number of carbonyl (C=O) groups excluding carboxylic acids is 2. The molecule has 3 rings (SSSR count). The lowest BCUT2D eigenvalue weighted by Crippen LogP contribution is -2.48. The molecule has 0 spiro atoms. The van der Waals surface area contributed by atoms with Crippen LogP contribution in [0.4, 0.5) is 0 Å². The lowest BCUT2D eigenvalue weighted by Gasteiger charge is -2.30. The normalized spacial score (nSPS) is 19.9. The second-order valence-electron chi connectivity index (χ2n) is 9.66. The molecule has 0 aliphatic carbocycles. The first-order chi connectivity index (χ1) is 16.2. The largest absolute Gasteiger partial charge is 0.391 e. The maximum Gasteiger partial charge on any atom is 0.243 e. The summed E-state index contributed by atoms with van der Waals surface area (Å²) < 4.78 is 1.98. The van der Waals surface area contributed by atoms with E-state index < -0.39 is 12.1 Å². The van der Waals surface area contributed by atoms with Crippen molar-refractivity contribution in [2.45, 2.75) is 85.5 Å². The number of aliphatic hydroxyl groups is 1. The zero-order chi connectivity index (χ0) is 25.0. The standard InChI is InChI=1S/C27H40N4O3/c1-7-20-21(11-10-12-22(20)24-13-14-28-31(24)9-3)23(8-2)29-26(33)25-15-19(32)16-30(25)27(34)18(6)17(4)5/h10-14,17-19,23,25,32H,7-9,15-16H2,1-6H3,(H,29,33). The summed E-state index contributed by atoms with van der Waals surface area (Å²) in [5, 5.41) is 17.9. The smallest absolute Gasteiger partial charge is 0.243 e. The topological polar surface area (TPSA) is 87.5 Å². The quantitative estimate of drug-likeness (QED) is 0.583. The number of nitrogens with one attached hydrogen (secondary N) is 1. The molecule has 4 atom stereocenters. The Morgan fingerprint density at radius 3 is 2.53 bits per heavy atom. The minimum absolute atomic E-state index is 0.0659. The van der Waals surface area contributed by atoms with E-state index in [2.05, 4.69) is 43.3 Å². The fourth-order valence-corrected chi connectivity index (χ4v) is 4.90. The summed E-state index contributed by atoms with van der Waals surface area (Å²) in [6.07, 6.45) is 2.96. The number of aliphatic hydroxyl groups excluding tert-OH is 1. The number of carbonyl (C=O) groups is 2. The Morgan fingerprint density at radius 2 is 1.91 bits per heavy atom. The Bertz CT molecular complexity index is 1000. The van der Waals surface area contributed by atoms with E-state index in [0.717, 1.165) is 36.2 Å². The third-order valence-electron chi connectivity index (χ3n) is 7.21. The molecule has 34 heavy (non-hydrogen) atoms. The highest BCUT2D eigenvalue weighted by molar-refractivity contribution is 5.89. The molecule has 2 aromatic rings. The summed E-state index contributed by atoms with van der Waals surface area (Å²) in [4.78, 5) is 28.0. The number of β-amino-alcohol motifs (C(OH)–C–C–N with tert-alkyl or cyclic N) is 1. The van der Waals surface area contributed by atoms with Crippen LogP contribution in [0.25, 0.3) is 11.3 Å². The number of nitrogens with zero attached hydrogens (tertiary/aromatic N) is 3. The molecule has 2 N–H and O–H groups in total. The Balaban J connectivity index is 1.88. The molecular weight excluding hydrogens is 428 g/mol. The highest BCUT2D eigenvalue weighted by atomic mass is 16.3. The van der Waals surface area contributed by atoms with Crippen molar-refractivity contribution in [1.29, 1.82) is 0 Å². The summed E-state index contributed by atoms with van der Waals surface area (Å²) in [6.45, 7) is 13.1. The number of hydrogen-bond donors (Lipinski definition) is 2. The van der Waals surface area contributed by atoms with Gasteiger partial charge >= 0.3 is 0 Å². The van der Waals surface area contributed by atoms with E-state index in [1.54, 1.807) is 4.90 Å². The second kappa shape index (κ2) is 11.2. The highest BCUT2D eigenvalue weighted by Crippen LogP contribution is 2.32. The molecule has 1 aliphatic heterocycles. The number of aromatic nitrogens is 2. The number of likely N-dealkylation sites (tertiary alicyclic amines) is 1. The summed E-state index contributed by atoms with van der Waals surface area (Å²) in [5.74, 6) is -0.291. The van der Waals surface area contributed by atoms with Crippen LogP contribution in [-0.2, 0) is 22.6 Å².